The van der Waals surface area contributed by atoms with Crippen LogP contribution < -0.4 is 0 Å². The quantitative estimate of drug-likeness (QED) is 0.831. The van der Waals surface area contributed by atoms with E-state index in [1.54, 1.807) is 0 Å². The molecular formula is C11H17N3O3S. The van der Waals surface area contributed by atoms with Crippen molar-refractivity contribution in [3.63, 3.8) is 0 Å². The summed E-state index contributed by atoms with van der Waals surface area (Å²) in [4.78, 5) is 10.6. The van der Waals surface area contributed by atoms with Crippen molar-refractivity contribution in [1.82, 2.24) is 14.8 Å². The number of aryl methyl sites for hydroxylation is 1. The van der Waals surface area contributed by atoms with Gasteiger partial charge in [0.05, 0.1) is 5.75 Å². The van der Waals surface area contributed by atoms with Gasteiger partial charge in [0, 0.05) is 18.8 Å². The molecule has 0 radical (unpaired) electrons. The zero-order valence-electron chi connectivity index (χ0n) is 10.5. The van der Waals surface area contributed by atoms with Crippen LogP contribution in [-0.2, 0) is 15.1 Å². The fourth-order valence-electron chi connectivity index (χ4n) is 2.22. The average molecular weight is 271 g/mol. The number of carbonyl (C=O) groups is 1. The second-order valence-electron chi connectivity index (χ2n) is 4.66. The van der Waals surface area contributed by atoms with Crippen molar-refractivity contribution in [2.45, 2.75) is 37.4 Å². The van der Waals surface area contributed by atoms with Crippen molar-refractivity contribution >= 4 is 17.7 Å². The molecule has 1 fully saturated rings. The molecule has 0 bridgehead atoms. The molecule has 18 heavy (non-hydrogen) atoms. The molecular weight excluding hydrogens is 254 g/mol. The van der Waals surface area contributed by atoms with E-state index in [-0.39, 0.29) is 11.3 Å². The van der Waals surface area contributed by atoms with E-state index in [0.717, 1.165) is 31.9 Å². The van der Waals surface area contributed by atoms with E-state index in [4.69, 9.17) is 9.84 Å². The second-order valence-corrected chi connectivity index (χ2v) is 5.60. The van der Waals surface area contributed by atoms with Gasteiger partial charge in [-0.25, -0.2) is 0 Å². The van der Waals surface area contributed by atoms with Crippen LogP contribution in [0, 0.1) is 6.92 Å². The summed E-state index contributed by atoms with van der Waals surface area (Å²) in [6.45, 7) is 5.49. The number of thioether (sulfide) groups is 1. The first-order chi connectivity index (χ1) is 8.53. The third-order valence-electron chi connectivity index (χ3n) is 3.23. The topological polar surface area (TPSA) is 77.2 Å². The van der Waals surface area contributed by atoms with Crippen molar-refractivity contribution in [2.75, 3.05) is 19.0 Å². The Balaban J connectivity index is 2.25. The molecule has 1 N–H and O–H groups in total. The fraction of sp³-hybridized carbons (Fsp3) is 0.727. The second kappa shape index (κ2) is 5.27. The van der Waals surface area contributed by atoms with Gasteiger partial charge in [-0.2, -0.15) is 0 Å². The minimum atomic E-state index is -0.843. The summed E-state index contributed by atoms with van der Waals surface area (Å²) in [7, 11) is 0. The maximum Gasteiger partial charge on any atom is 0.313 e. The highest BCUT2D eigenvalue weighted by molar-refractivity contribution is 7.99. The van der Waals surface area contributed by atoms with Gasteiger partial charge in [-0.15, -0.1) is 10.2 Å². The first-order valence-corrected chi connectivity index (χ1v) is 6.86. The molecule has 6 nitrogen and oxygen atoms in total. The average Bonchev–Trinajstić information content (AvgIpc) is 2.69. The van der Waals surface area contributed by atoms with Crippen molar-refractivity contribution < 1.29 is 14.6 Å². The van der Waals surface area contributed by atoms with Crippen LogP contribution in [0.4, 0.5) is 0 Å². The Morgan fingerprint density at radius 1 is 1.50 bits per heavy atom. The number of carboxylic acid groups (broad SMARTS) is 1. The molecule has 2 rings (SSSR count). The summed E-state index contributed by atoms with van der Waals surface area (Å²) in [5.41, 5.74) is -0.0767. The number of carboxylic acids is 1. The number of rotatable bonds is 4. The van der Waals surface area contributed by atoms with Gasteiger partial charge >= 0.3 is 5.97 Å². The van der Waals surface area contributed by atoms with Gasteiger partial charge in [-0.1, -0.05) is 11.8 Å². The lowest BCUT2D eigenvalue weighted by Crippen LogP contribution is -2.37. The van der Waals surface area contributed by atoms with Gasteiger partial charge in [-0.3, -0.25) is 4.79 Å². The minimum absolute atomic E-state index is 0.00468. The monoisotopic (exact) mass is 271 g/mol. The largest absolute Gasteiger partial charge is 0.481 e. The van der Waals surface area contributed by atoms with Crippen LogP contribution in [0.3, 0.4) is 0 Å². The predicted octanol–water partition coefficient (Wildman–Crippen LogP) is 1.29. The summed E-state index contributed by atoms with van der Waals surface area (Å²) in [6, 6.07) is 0. The summed E-state index contributed by atoms with van der Waals surface area (Å²) >= 11 is 1.22. The van der Waals surface area contributed by atoms with Crippen molar-refractivity contribution in [3.8, 4) is 0 Å². The molecule has 0 saturated carbocycles. The van der Waals surface area contributed by atoms with Crippen LogP contribution in [0.1, 0.15) is 25.6 Å². The normalized spacial score (nSPS) is 18.8. The van der Waals surface area contributed by atoms with Crippen LogP contribution in [0.5, 0.6) is 0 Å². The minimum Gasteiger partial charge on any atom is -0.481 e. The molecule has 0 atom stereocenters. The van der Waals surface area contributed by atoms with Crippen LogP contribution in [-0.4, -0.2) is 44.8 Å². The lowest BCUT2D eigenvalue weighted by Gasteiger charge is -2.36. The highest BCUT2D eigenvalue weighted by atomic mass is 32.2. The van der Waals surface area contributed by atoms with E-state index in [1.165, 1.54) is 11.8 Å². The maximum absolute atomic E-state index is 10.6. The number of hydrogen-bond acceptors (Lipinski definition) is 5. The van der Waals surface area contributed by atoms with Gasteiger partial charge in [-0.05, 0) is 26.7 Å². The summed E-state index contributed by atoms with van der Waals surface area (Å²) in [6.07, 6.45) is 1.79. The number of aliphatic carboxylic acids is 1. The zero-order valence-corrected chi connectivity index (χ0v) is 11.4. The zero-order chi connectivity index (χ0) is 13.2. The van der Waals surface area contributed by atoms with Crippen LogP contribution >= 0.6 is 11.8 Å². The molecule has 1 aromatic rings. The molecule has 1 aliphatic rings. The van der Waals surface area contributed by atoms with E-state index in [1.807, 2.05) is 6.92 Å². The van der Waals surface area contributed by atoms with E-state index < -0.39 is 5.97 Å². The van der Waals surface area contributed by atoms with E-state index in [9.17, 15) is 4.79 Å². The molecule has 1 aromatic heterocycles. The van der Waals surface area contributed by atoms with Gasteiger partial charge in [0.25, 0.3) is 0 Å². The number of ether oxygens (including phenoxy) is 1. The molecule has 1 saturated heterocycles. The molecule has 2 heterocycles. The Bertz CT molecular complexity index is 441. The molecule has 0 aliphatic carbocycles. The van der Waals surface area contributed by atoms with E-state index in [0.29, 0.717) is 5.16 Å². The Morgan fingerprint density at radius 3 is 2.78 bits per heavy atom. The smallest absolute Gasteiger partial charge is 0.313 e. The van der Waals surface area contributed by atoms with Gasteiger partial charge < -0.3 is 14.4 Å². The molecule has 1 aliphatic heterocycles. The number of aromatic nitrogens is 3. The third-order valence-corrected chi connectivity index (χ3v) is 4.14. The molecule has 7 heteroatoms. The van der Waals surface area contributed by atoms with Gasteiger partial charge in [0.1, 0.15) is 5.82 Å². The molecule has 0 spiro atoms. The third kappa shape index (κ3) is 2.67. The lowest BCUT2D eigenvalue weighted by atomic mass is 9.92. The van der Waals surface area contributed by atoms with Crippen molar-refractivity contribution in [1.29, 1.82) is 0 Å². The molecule has 100 valence electrons. The standard InChI is InChI=1S/C11H17N3O3S/c1-8-12-13-10(18-7-9(15)16)14(8)11(2)3-5-17-6-4-11/h3-7H2,1-2H3,(H,15,16). The lowest BCUT2D eigenvalue weighted by molar-refractivity contribution is -0.133. The molecule has 0 unspecified atom stereocenters. The van der Waals surface area contributed by atoms with Crippen LogP contribution in [0.2, 0.25) is 0 Å². The summed E-state index contributed by atoms with van der Waals surface area (Å²) in [5.74, 6) is -0.0123. The van der Waals surface area contributed by atoms with Crippen molar-refractivity contribution in [2.24, 2.45) is 0 Å². The molecule has 0 amide bonds. The van der Waals surface area contributed by atoms with Gasteiger partial charge in [0.15, 0.2) is 5.16 Å². The highest BCUT2D eigenvalue weighted by Gasteiger charge is 2.33. The predicted molar refractivity (Wildman–Crippen MR) is 66.8 cm³/mol. The first-order valence-electron chi connectivity index (χ1n) is 5.88. The highest BCUT2D eigenvalue weighted by Crippen LogP contribution is 2.33. The van der Waals surface area contributed by atoms with Crippen molar-refractivity contribution in [3.05, 3.63) is 5.82 Å². The summed E-state index contributed by atoms with van der Waals surface area (Å²) < 4.78 is 7.44. The number of hydrogen-bond donors (Lipinski definition) is 1. The van der Waals surface area contributed by atoms with Crippen LogP contribution in [0.25, 0.3) is 0 Å². The number of nitrogens with zero attached hydrogens (tertiary/aromatic N) is 3. The maximum atomic E-state index is 10.6. The van der Waals surface area contributed by atoms with E-state index >= 15 is 0 Å². The fourth-order valence-corrected chi connectivity index (χ4v) is 3.05. The van der Waals surface area contributed by atoms with E-state index in [2.05, 4.69) is 21.7 Å². The first kappa shape index (κ1) is 13.4. The molecule has 0 aromatic carbocycles. The summed E-state index contributed by atoms with van der Waals surface area (Å²) in [5, 5.41) is 17.6. The Kier molecular flexibility index (Phi) is 3.91. The SMILES string of the molecule is Cc1nnc(SCC(=O)O)n1C1(C)CCOCC1. The Labute approximate surface area is 110 Å². The Hall–Kier alpha value is -1.08. The van der Waals surface area contributed by atoms with Crippen LogP contribution in [0.15, 0.2) is 5.16 Å². The van der Waals surface area contributed by atoms with Gasteiger partial charge in [0.2, 0.25) is 0 Å². The Morgan fingerprint density at radius 2 is 2.17 bits per heavy atom.